The van der Waals surface area contributed by atoms with Gasteiger partial charge in [0.25, 0.3) is 0 Å². The normalized spacial score (nSPS) is 14.2. The zero-order valence-electron chi connectivity index (χ0n) is 34.7. The number of benzene rings is 9. The van der Waals surface area contributed by atoms with Crippen LogP contribution in [0.2, 0.25) is 0 Å². The van der Waals surface area contributed by atoms with Crippen LogP contribution in [0.4, 0.5) is 0 Å². The smallest absolute Gasteiger partial charge is 0.160 e. The number of para-hydroxylation sites is 1. The molecular weight excluding hydrogens is 765 g/mol. The van der Waals surface area contributed by atoms with Gasteiger partial charge in [0.1, 0.15) is 11.2 Å². The number of hydrogen-bond acceptors (Lipinski definition) is 3. The molecule has 0 aliphatic heterocycles. The molecule has 0 saturated heterocycles. The Bertz CT molecular complexity index is 3520. The van der Waals surface area contributed by atoms with Crippen LogP contribution in [0.25, 0.3) is 100 Å². The lowest BCUT2D eigenvalue weighted by atomic mass is 9.73. The molecule has 12 rings (SSSR count). The molecule has 0 amide bonds. The maximum absolute atomic E-state index is 6.16. The summed E-state index contributed by atoms with van der Waals surface area (Å²) in [5.41, 5.74) is 19.6. The van der Waals surface area contributed by atoms with Crippen molar-refractivity contribution in [3.05, 3.63) is 241 Å². The Labute approximate surface area is 366 Å². The van der Waals surface area contributed by atoms with Crippen molar-refractivity contribution < 1.29 is 4.42 Å². The molecule has 0 radical (unpaired) electrons. The fourth-order valence-corrected chi connectivity index (χ4v) is 9.86. The fourth-order valence-electron chi connectivity index (χ4n) is 9.86. The van der Waals surface area contributed by atoms with Gasteiger partial charge in [-0.25, -0.2) is 9.97 Å². The number of furan rings is 1. The van der Waals surface area contributed by atoms with Gasteiger partial charge in [0.05, 0.1) is 11.4 Å². The van der Waals surface area contributed by atoms with E-state index in [4.69, 9.17) is 14.4 Å². The van der Waals surface area contributed by atoms with Crippen molar-refractivity contribution in [1.82, 2.24) is 9.97 Å². The number of fused-ring (bicyclic) bond motifs is 6. The van der Waals surface area contributed by atoms with E-state index in [-0.39, 0.29) is 5.41 Å². The number of rotatable bonds is 7. The molecule has 0 N–H and O–H groups in total. The van der Waals surface area contributed by atoms with Crippen molar-refractivity contribution in [3.8, 4) is 78.4 Å². The summed E-state index contributed by atoms with van der Waals surface area (Å²) in [6.45, 7) is 2.39. The second-order valence-electron chi connectivity index (χ2n) is 16.6. The lowest BCUT2D eigenvalue weighted by Gasteiger charge is -2.29. The van der Waals surface area contributed by atoms with Crippen LogP contribution in [-0.4, -0.2) is 9.97 Å². The van der Waals surface area contributed by atoms with E-state index in [0.717, 1.165) is 72.3 Å². The molecule has 1 aliphatic rings. The van der Waals surface area contributed by atoms with E-state index in [0.29, 0.717) is 5.82 Å². The first-order chi connectivity index (χ1) is 31.1. The van der Waals surface area contributed by atoms with Crippen LogP contribution in [0.1, 0.15) is 23.6 Å². The summed E-state index contributed by atoms with van der Waals surface area (Å²) in [4.78, 5) is 10.6. The summed E-state index contributed by atoms with van der Waals surface area (Å²) < 4.78 is 6.16. The van der Waals surface area contributed by atoms with E-state index >= 15 is 0 Å². The van der Waals surface area contributed by atoms with E-state index in [1.165, 1.54) is 38.9 Å². The van der Waals surface area contributed by atoms with Gasteiger partial charge in [-0.3, -0.25) is 0 Å². The largest absolute Gasteiger partial charge is 0.456 e. The topological polar surface area (TPSA) is 38.9 Å². The third kappa shape index (κ3) is 6.12. The van der Waals surface area contributed by atoms with Gasteiger partial charge >= 0.3 is 0 Å². The van der Waals surface area contributed by atoms with Crippen LogP contribution in [0.15, 0.2) is 229 Å². The standard InChI is InChI=1S/C60H40N2O/c1-60(45-23-9-4-10-24-45)52-29-16-28-47(39-17-5-2-6-18-39)58(52)50-33-31-43(37-53(50)60)46-25-11-12-26-48(46)55-38-54(61-59(62-55)40-19-7-3-8-20-40)44-22-15-21-41(35-44)42-32-34-57-51(36-42)49-27-13-14-30-56(49)63-57/h2-38H,1H3. The summed E-state index contributed by atoms with van der Waals surface area (Å²) in [6.07, 6.45) is 0. The minimum atomic E-state index is -0.371. The van der Waals surface area contributed by atoms with Gasteiger partial charge in [-0.05, 0) is 105 Å². The Morgan fingerprint density at radius 1 is 0.349 bits per heavy atom. The molecule has 3 nitrogen and oxygen atoms in total. The monoisotopic (exact) mass is 804 g/mol. The van der Waals surface area contributed by atoms with Crippen molar-refractivity contribution >= 4 is 21.9 Å². The Morgan fingerprint density at radius 3 is 1.78 bits per heavy atom. The molecule has 1 unspecified atom stereocenters. The second kappa shape index (κ2) is 14.8. The van der Waals surface area contributed by atoms with Crippen LogP contribution in [0, 0.1) is 0 Å². The first kappa shape index (κ1) is 36.7. The molecule has 0 fully saturated rings. The van der Waals surface area contributed by atoms with Crippen molar-refractivity contribution in [1.29, 1.82) is 0 Å². The Morgan fingerprint density at radius 2 is 0.952 bits per heavy atom. The summed E-state index contributed by atoms with van der Waals surface area (Å²) in [6, 6.07) is 80.1. The molecule has 1 atom stereocenters. The highest BCUT2D eigenvalue weighted by Crippen LogP contribution is 2.56. The molecule has 0 spiro atoms. The first-order valence-corrected chi connectivity index (χ1v) is 21.6. The molecule has 9 aromatic carbocycles. The van der Waals surface area contributed by atoms with E-state index in [2.05, 4.69) is 201 Å². The Kier molecular flexibility index (Phi) is 8.62. The van der Waals surface area contributed by atoms with Gasteiger partial charge in [0.2, 0.25) is 0 Å². The quantitative estimate of drug-likeness (QED) is 0.161. The molecule has 3 heteroatoms. The van der Waals surface area contributed by atoms with Crippen molar-refractivity contribution in [3.63, 3.8) is 0 Å². The first-order valence-electron chi connectivity index (χ1n) is 21.6. The molecule has 11 aromatic rings. The van der Waals surface area contributed by atoms with Crippen molar-refractivity contribution in [2.75, 3.05) is 0 Å². The zero-order valence-corrected chi connectivity index (χ0v) is 34.7. The molecule has 0 saturated carbocycles. The maximum atomic E-state index is 6.16. The van der Waals surface area contributed by atoms with Gasteiger partial charge in [-0.15, -0.1) is 0 Å². The molecule has 2 aromatic heterocycles. The van der Waals surface area contributed by atoms with Crippen LogP contribution >= 0.6 is 0 Å². The average molecular weight is 805 g/mol. The van der Waals surface area contributed by atoms with Gasteiger partial charge < -0.3 is 4.42 Å². The molecular formula is C60H40N2O. The van der Waals surface area contributed by atoms with E-state index in [1.54, 1.807) is 0 Å². The highest BCUT2D eigenvalue weighted by molar-refractivity contribution is 6.06. The van der Waals surface area contributed by atoms with Gasteiger partial charge in [-0.2, -0.15) is 0 Å². The van der Waals surface area contributed by atoms with E-state index in [9.17, 15) is 0 Å². The molecule has 296 valence electrons. The third-order valence-corrected chi connectivity index (χ3v) is 13.0. The van der Waals surface area contributed by atoms with E-state index < -0.39 is 0 Å². The van der Waals surface area contributed by atoms with Crippen LogP contribution in [-0.2, 0) is 5.41 Å². The highest BCUT2D eigenvalue weighted by Gasteiger charge is 2.42. The Balaban J connectivity index is 1.01. The van der Waals surface area contributed by atoms with Gasteiger partial charge in [0, 0.05) is 32.9 Å². The molecule has 0 bridgehead atoms. The minimum Gasteiger partial charge on any atom is -0.456 e. The summed E-state index contributed by atoms with van der Waals surface area (Å²) >= 11 is 0. The predicted molar refractivity (Wildman–Crippen MR) is 259 cm³/mol. The SMILES string of the molecule is CC1(c2ccccc2)c2cc(-c3ccccc3-c3cc(-c4cccc(-c5ccc6oc7ccccc7c6c5)c4)nc(-c4ccccc4)n3)ccc2-c2c(-c3ccccc3)cccc21. The van der Waals surface area contributed by atoms with Gasteiger partial charge in [-0.1, -0.05) is 188 Å². The van der Waals surface area contributed by atoms with Crippen LogP contribution in [0.5, 0.6) is 0 Å². The Hall–Kier alpha value is -8.14. The maximum Gasteiger partial charge on any atom is 0.160 e. The highest BCUT2D eigenvalue weighted by atomic mass is 16.3. The molecule has 63 heavy (non-hydrogen) atoms. The number of nitrogens with zero attached hydrogens (tertiary/aromatic N) is 2. The predicted octanol–water partition coefficient (Wildman–Crippen LogP) is 15.7. The third-order valence-electron chi connectivity index (χ3n) is 13.0. The summed E-state index contributed by atoms with van der Waals surface area (Å²) in [5, 5.41) is 2.23. The van der Waals surface area contributed by atoms with Crippen molar-refractivity contribution in [2.45, 2.75) is 12.3 Å². The van der Waals surface area contributed by atoms with Gasteiger partial charge in [0.15, 0.2) is 5.82 Å². The molecule has 1 aliphatic carbocycles. The lowest BCUT2D eigenvalue weighted by molar-refractivity contribution is 0.669. The van der Waals surface area contributed by atoms with Crippen LogP contribution in [0.3, 0.4) is 0 Å². The summed E-state index contributed by atoms with van der Waals surface area (Å²) in [7, 11) is 0. The number of hydrogen-bond donors (Lipinski definition) is 0. The second-order valence-corrected chi connectivity index (χ2v) is 16.6. The fraction of sp³-hybridized carbons (Fsp3) is 0.0333. The minimum absolute atomic E-state index is 0.371. The lowest BCUT2D eigenvalue weighted by Crippen LogP contribution is -2.22. The average Bonchev–Trinajstić information content (AvgIpc) is 3.87. The van der Waals surface area contributed by atoms with E-state index in [1.807, 2.05) is 30.3 Å². The summed E-state index contributed by atoms with van der Waals surface area (Å²) in [5.74, 6) is 0.684. The van der Waals surface area contributed by atoms with Crippen molar-refractivity contribution in [2.24, 2.45) is 0 Å². The van der Waals surface area contributed by atoms with Crippen LogP contribution < -0.4 is 0 Å². The zero-order chi connectivity index (χ0) is 41.9. The number of aromatic nitrogens is 2. The molecule has 2 heterocycles.